The Hall–Kier alpha value is -1.83. The molecule has 0 N–H and O–H groups in total. The van der Waals surface area contributed by atoms with Crippen molar-refractivity contribution in [2.75, 3.05) is 6.61 Å². The summed E-state index contributed by atoms with van der Waals surface area (Å²) in [6.07, 6.45) is 6.48. The average molecular weight is 269 g/mol. The van der Waals surface area contributed by atoms with Gasteiger partial charge in [0.05, 0.1) is 6.61 Å². The molecule has 2 aromatic rings. The molecule has 1 aromatic carbocycles. The Bertz CT molecular complexity index is 502. The van der Waals surface area contributed by atoms with Gasteiger partial charge in [-0.2, -0.15) is 0 Å². The monoisotopic (exact) mass is 269 g/mol. The summed E-state index contributed by atoms with van der Waals surface area (Å²) in [7, 11) is 0. The third-order valence-corrected chi connectivity index (χ3v) is 3.43. The highest BCUT2D eigenvalue weighted by atomic mass is 16.5. The van der Waals surface area contributed by atoms with Gasteiger partial charge in [0.2, 0.25) is 5.88 Å². The Morgan fingerprint density at radius 1 is 0.900 bits per heavy atom. The summed E-state index contributed by atoms with van der Waals surface area (Å²) in [6.45, 7) is 5.11. The first kappa shape index (κ1) is 14.6. The molecule has 0 amide bonds. The van der Waals surface area contributed by atoms with Gasteiger partial charge in [-0.25, -0.2) is 4.98 Å². The minimum Gasteiger partial charge on any atom is -0.478 e. The van der Waals surface area contributed by atoms with Crippen molar-refractivity contribution in [3.8, 4) is 17.0 Å². The number of aryl methyl sites for hydroxylation is 1. The summed E-state index contributed by atoms with van der Waals surface area (Å²) in [4.78, 5) is 4.37. The van der Waals surface area contributed by atoms with E-state index in [2.05, 4.69) is 49.2 Å². The summed E-state index contributed by atoms with van der Waals surface area (Å²) in [5.41, 5.74) is 3.69. The SMILES string of the molecule is CCCCCOc1ccc(-c2ccc(CC)cc2)cn1. The Morgan fingerprint density at radius 3 is 2.25 bits per heavy atom. The maximum atomic E-state index is 5.62. The maximum absolute atomic E-state index is 5.62. The summed E-state index contributed by atoms with van der Waals surface area (Å²) >= 11 is 0. The average Bonchev–Trinajstić information content (AvgIpc) is 2.52. The molecule has 0 unspecified atom stereocenters. The number of hydrogen-bond donors (Lipinski definition) is 0. The van der Waals surface area contributed by atoms with Gasteiger partial charge in [-0.1, -0.05) is 51.0 Å². The van der Waals surface area contributed by atoms with Crippen molar-refractivity contribution in [2.24, 2.45) is 0 Å². The largest absolute Gasteiger partial charge is 0.478 e. The highest BCUT2D eigenvalue weighted by Crippen LogP contribution is 2.21. The number of hydrogen-bond acceptors (Lipinski definition) is 2. The van der Waals surface area contributed by atoms with Gasteiger partial charge in [0, 0.05) is 17.8 Å². The van der Waals surface area contributed by atoms with Crippen LogP contribution in [-0.4, -0.2) is 11.6 Å². The number of unbranched alkanes of at least 4 members (excludes halogenated alkanes) is 2. The van der Waals surface area contributed by atoms with Gasteiger partial charge in [0.25, 0.3) is 0 Å². The normalized spacial score (nSPS) is 10.5. The fraction of sp³-hybridized carbons (Fsp3) is 0.389. The smallest absolute Gasteiger partial charge is 0.213 e. The number of aromatic nitrogens is 1. The van der Waals surface area contributed by atoms with E-state index in [0.29, 0.717) is 0 Å². The summed E-state index contributed by atoms with van der Waals surface area (Å²) in [6, 6.07) is 12.7. The third-order valence-electron chi connectivity index (χ3n) is 3.43. The van der Waals surface area contributed by atoms with Crippen LogP contribution in [0.4, 0.5) is 0 Å². The van der Waals surface area contributed by atoms with Gasteiger partial charge in [-0.3, -0.25) is 0 Å². The van der Waals surface area contributed by atoms with Crippen molar-refractivity contribution in [3.63, 3.8) is 0 Å². The van der Waals surface area contributed by atoms with Gasteiger partial charge in [-0.15, -0.1) is 0 Å². The van der Waals surface area contributed by atoms with Crippen molar-refractivity contribution in [2.45, 2.75) is 39.5 Å². The van der Waals surface area contributed by atoms with Crippen LogP contribution in [0.3, 0.4) is 0 Å². The van der Waals surface area contributed by atoms with Crippen molar-refractivity contribution >= 4 is 0 Å². The Kier molecular flexibility index (Phi) is 5.60. The van der Waals surface area contributed by atoms with E-state index < -0.39 is 0 Å². The van der Waals surface area contributed by atoms with Crippen LogP contribution in [0.15, 0.2) is 42.6 Å². The van der Waals surface area contributed by atoms with Gasteiger partial charge >= 0.3 is 0 Å². The van der Waals surface area contributed by atoms with Crippen molar-refractivity contribution < 1.29 is 4.74 Å². The van der Waals surface area contributed by atoms with E-state index in [-0.39, 0.29) is 0 Å². The number of benzene rings is 1. The second kappa shape index (κ2) is 7.68. The quantitative estimate of drug-likeness (QED) is 0.668. The van der Waals surface area contributed by atoms with Crippen LogP contribution in [0.1, 0.15) is 38.7 Å². The fourth-order valence-corrected chi connectivity index (χ4v) is 2.10. The molecular weight excluding hydrogens is 246 g/mol. The predicted octanol–water partition coefficient (Wildman–Crippen LogP) is 4.88. The first-order valence-electron chi connectivity index (χ1n) is 7.51. The molecule has 0 saturated heterocycles. The number of rotatable bonds is 7. The Balaban J connectivity index is 1.96. The van der Waals surface area contributed by atoms with E-state index in [9.17, 15) is 0 Å². The Labute approximate surface area is 121 Å². The fourth-order valence-electron chi connectivity index (χ4n) is 2.10. The zero-order valence-electron chi connectivity index (χ0n) is 12.4. The lowest BCUT2D eigenvalue weighted by atomic mass is 10.0. The first-order chi connectivity index (χ1) is 9.83. The second-order valence-corrected chi connectivity index (χ2v) is 4.99. The predicted molar refractivity (Wildman–Crippen MR) is 84.1 cm³/mol. The molecule has 2 heteroatoms. The second-order valence-electron chi connectivity index (χ2n) is 4.99. The molecule has 20 heavy (non-hydrogen) atoms. The molecule has 0 aliphatic rings. The molecule has 106 valence electrons. The van der Waals surface area contributed by atoms with Crippen molar-refractivity contribution in [1.29, 1.82) is 0 Å². The molecule has 0 saturated carbocycles. The highest BCUT2D eigenvalue weighted by molar-refractivity contribution is 5.62. The maximum Gasteiger partial charge on any atom is 0.213 e. The van der Waals surface area contributed by atoms with E-state index in [1.54, 1.807) is 0 Å². The van der Waals surface area contributed by atoms with Crippen LogP contribution in [0, 0.1) is 0 Å². The molecule has 0 spiro atoms. The van der Waals surface area contributed by atoms with Crippen LogP contribution in [0.5, 0.6) is 5.88 Å². The lowest BCUT2D eigenvalue weighted by Gasteiger charge is -2.06. The molecule has 0 aliphatic heterocycles. The lowest BCUT2D eigenvalue weighted by Crippen LogP contribution is -1.98. The zero-order chi connectivity index (χ0) is 14.2. The van der Waals surface area contributed by atoms with Gasteiger partial charge in [0.1, 0.15) is 0 Å². The topological polar surface area (TPSA) is 22.1 Å². The summed E-state index contributed by atoms with van der Waals surface area (Å²) < 4.78 is 5.62. The Morgan fingerprint density at radius 2 is 1.65 bits per heavy atom. The number of ether oxygens (including phenoxy) is 1. The van der Waals surface area contributed by atoms with E-state index >= 15 is 0 Å². The van der Waals surface area contributed by atoms with Gasteiger partial charge in [-0.05, 0) is 30.0 Å². The minimum atomic E-state index is 0.718. The minimum absolute atomic E-state index is 0.718. The summed E-state index contributed by atoms with van der Waals surface area (Å²) in [5, 5.41) is 0. The number of nitrogens with zero attached hydrogens (tertiary/aromatic N) is 1. The van der Waals surface area contributed by atoms with E-state index in [0.717, 1.165) is 30.9 Å². The van der Waals surface area contributed by atoms with E-state index in [1.165, 1.54) is 24.0 Å². The van der Waals surface area contributed by atoms with Gasteiger partial charge < -0.3 is 4.74 Å². The summed E-state index contributed by atoms with van der Waals surface area (Å²) in [5.74, 6) is 0.718. The van der Waals surface area contributed by atoms with Crippen LogP contribution < -0.4 is 4.74 Å². The van der Waals surface area contributed by atoms with Crippen molar-refractivity contribution in [3.05, 3.63) is 48.2 Å². The van der Waals surface area contributed by atoms with Crippen LogP contribution in [0.25, 0.3) is 11.1 Å². The third kappa shape index (κ3) is 4.09. The lowest BCUT2D eigenvalue weighted by molar-refractivity contribution is 0.295. The standard InChI is InChI=1S/C18H23NO/c1-3-5-6-13-20-18-12-11-17(14-19-18)16-9-7-15(4-2)8-10-16/h7-12,14H,3-6,13H2,1-2H3. The number of pyridine rings is 1. The molecule has 2 nitrogen and oxygen atoms in total. The molecule has 2 rings (SSSR count). The van der Waals surface area contributed by atoms with Crippen LogP contribution >= 0.6 is 0 Å². The van der Waals surface area contributed by atoms with E-state index in [4.69, 9.17) is 4.74 Å². The van der Waals surface area contributed by atoms with Crippen molar-refractivity contribution in [1.82, 2.24) is 4.98 Å². The first-order valence-corrected chi connectivity index (χ1v) is 7.51. The zero-order valence-corrected chi connectivity index (χ0v) is 12.4. The van der Waals surface area contributed by atoms with Crippen LogP contribution in [0.2, 0.25) is 0 Å². The highest BCUT2D eigenvalue weighted by Gasteiger charge is 2.00. The van der Waals surface area contributed by atoms with E-state index in [1.807, 2.05) is 12.3 Å². The molecule has 1 heterocycles. The molecular formula is C18H23NO. The molecule has 0 aliphatic carbocycles. The van der Waals surface area contributed by atoms with Gasteiger partial charge in [0.15, 0.2) is 0 Å². The molecule has 1 aromatic heterocycles. The molecule has 0 radical (unpaired) electrons. The molecule has 0 fully saturated rings. The van der Waals surface area contributed by atoms with Crippen LogP contribution in [-0.2, 0) is 6.42 Å². The molecule has 0 atom stereocenters. The molecule has 0 bridgehead atoms.